The predicted octanol–water partition coefficient (Wildman–Crippen LogP) is 2.50. The van der Waals surface area contributed by atoms with Crippen LogP contribution < -0.4 is 0 Å². The maximum Gasteiger partial charge on any atom is 0.326 e. The van der Waals surface area contributed by atoms with E-state index in [2.05, 4.69) is 26.8 Å². The molecular weight excluding hydrogens is 262 g/mol. The highest BCUT2D eigenvalue weighted by molar-refractivity contribution is 7.12. The molecule has 1 saturated heterocycles. The van der Waals surface area contributed by atoms with E-state index >= 15 is 0 Å². The molecule has 0 bridgehead atoms. The molecule has 1 unspecified atom stereocenters. The van der Waals surface area contributed by atoms with Crippen molar-refractivity contribution < 1.29 is 14.6 Å². The van der Waals surface area contributed by atoms with Gasteiger partial charge >= 0.3 is 5.97 Å². The fourth-order valence-corrected chi connectivity index (χ4v) is 3.39. The average molecular weight is 283 g/mol. The van der Waals surface area contributed by atoms with Crippen molar-refractivity contribution in [1.82, 2.24) is 4.90 Å². The molecule has 2 heterocycles. The number of aliphatic carboxylic acids is 1. The van der Waals surface area contributed by atoms with Crippen LogP contribution in [0.1, 0.15) is 36.6 Å². The highest BCUT2D eigenvalue weighted by Crippen LogP contribution is 2.34. The Labute approximate surface area is 118 Å². The van der Waals surface area contributed by atoms with Crippen molar-refractivity contribution in [3.8, 4) is 0 Å². The Morgan fingerprint density at radius 3 is 2.47 bits per heavy atom. The first-order valence-corrected chi connectivity index (χ1v) is 7.36. The number of ether oxygens (including phenoxy) is 1. The molecule has 0 amide bonds. The summed E-state index contributed by atoms with van der Waals surface area (Å²) in [5, 5.41) is 9.52. The van der Waals surface area contributed by atoms with Crippen LogP contribution in [0.25, 0.3) is 0 Å². The summed E-state index contributed by atoms with van der Waals surface area (Å²) >= 11 is 1.61. The lowest BCUT2D eigenvalue weighted by atomic mass is 9.95. The minimum absolute atomic E-state index is 0.0664. The number of hydrogen-bond acceptors (Lipinski definition) is 4. The summed E-state index contributed by atoms with van der Waals surface area (Å²) in [6, 6.07) is 3.47. The van der Waals surface area contributed by atoms with Crippen LogP contribution in [0.4, 0.5) is 0 Å². The van der Waals surface area contributed by atoms with Crippen molar-refractivity contribution in [3.63, 3.8) is 0 Å². The fourth-order valence-electron chi connectivity index (χ4n) is 2.20. The first kappa shape index (κ1) is 14.5. The van der Waals surface area contributed by atoms with Crippen molar-refractivity contribution >= 4 is 17.3 Å². The highest BCUT2D eigenvalue weighted by Gasteiger charge is 2.31. The summed E-state index contributed by atoms with van der Waals surface area (Å²) in [6.07, 6.45) is 0. The third-order valence-electron chi connectivity index (χ3n) is 3.28. The van der Waals surface area contributed by atoms with E-state index in [1.807, 2.05) is 11.0 Å². The Balaban J connectivity index is 2.24. The van der Waals surface area contributed by atoms with Crippen LogP contribution in [0, 0.1) is 0 Å². The number of carboxylic acid groups (broad SMARTS) is 1. The highest BCUT2D eigenvalue weighted by atomic mass is 32.1. The van der Waals surface area contributed by atoms with Gasteiger partial charge in [0.2, 0.25) is 0 Å². The summed E-state index contributed by atoms with van der Waals surface area (Å²) in [7, 11) is 0. The lowest BCUT2D eigenvalue weighted by Gasteiger charge is -2.31. The molecule has 106 valence electrons. The van der Waals surface area contributed by atoms with Crippen LogP contribution in [0.5, 0.6) is 0 Å². The van der Waals surface area contributed by atoms with Crippen molar-refractivity contribution in [2.45, 2.75) is 32.2 Å². The van der Waals surface area contributed by atoms with Gasteiger partial charge in [-0.1, -0.05) is 20.8 Å². The van der Waals surface area contributed by atoms with Gasteiger partial charge in [0.15, 0.2) is 0 Å². The largest absolute Gasteiger partial charge is 0.480 e. The van der Waals surface area contributed by atoms with E-state index in [4.69, 9.17) is 4.74 Å². The second-order valence-electron chi connectivity index (χ2n) is 5.84. The van der Waals surface area contributed by atoms with E-state index in [0.29, 0.717) is 26.3 Å². The minimum Gasteiger partial charge on any atom is -0.480 e. The van der Waals surface area contributed by atoms with Crippen molar-refractivity contribution in [2.75, 3.05) is 26.3 Å². The van der Waals surface area contributed by atoms with Gasteiger partial charge in [-0.25, -0.2) is 0 Å². The van der Waals surface area contributed by atoms with Crippen LogP contribution in [-0.4, -0.2) is 42.3 Å². The number of nitrogens with zero attached hydrogens (tertiary/aromatic N) is 1. The molecule has 2 rings (SSSR count). The fraction of sp³-hybridized carbons (Fsp3) is 0.643. The van der Waals surface area contributed by atoms with Gasteiger partial charge in [0, 0.05) is 22.8 Å². The molecule has 0 radical (unpaired) electrons. The van der Waals surface area contributed by atoms with Crippen LogP contribution in [0.3, 0.4) is 0 Å². The molecule has 1 aliphatic heterocycles. The molecule has 0 saturated carbocycles. The van der Waals surface area contributed by atoms with Gasteiger partial charge in [-0.05, 0) is 17.5 Å². The van der Waals surface area contributed by atoms with E-state index < -0.39 is 12.0 Å². The van der Waals surface area contributed by atoms with E-state index in [1.165, 1.54) is 4.88 Å². The van der Waals surface area contributed by atoms with E-state index in [0.717, 1.165) is 4.88 Å². The van der Waals surface area contributed by atoms with Gasteiger partial charge in [0.25, 0.3) is 0 Å². The zero-order chi connectivity index (χ0) is 14.0. The molecule has 1 aromatic rings. The van der Waals surface area contributed by atoms with Gasteiger partial charge in [-0.2, -0.15) is 0 Å². The monoisotopic (exact) mass is 283 g/mol. The van der Waals surface area contributed by atoms with Crippen molar-refractivity contribution in [2.24, 2.45) is 0 Å². The number of hydrogen-bond donors (Lipinski definition) is 1. The Kier molecular flexibility index (Phi) is 4.28. The molecule has 0 aliphatic carbocycles. The van der Waals surface area contributed by atoms with Crippen LogP contribution >= 0.6 is 11.3 Å². The molecular formula is C14H21NO3S. The number of rotatable bonds is 3. The van der Waals surface area contributed by atoms with Gasteiger partial charge in [-0.3, -0.25) is 9.69 Å². The second-order valence-corrected chi connectivity index (χ2v) is 6.96. The van der Waals surface area contributed by atoms with E-state index in [1.54, 1.807) is 11.3 Å². The van der Waals surface area contributed by atoms with Gasteiger partial charge < -0.3 is 9.84 Å². The molecule has 0 spiro atoms. The summed E-state index contributed by atoms with van der Waals surface area (Å²) in [4.78, 5) is 15.7. The minimum atomic E-state index is -0.774. The Morgan fingerprint density at radius 1 is 1.37 bits per heavy atom. The number of carboxylic acids is 1. The summed E-state index contributed by atoms with van der Waals surface area (Å²) in [5.41, 5.74) is 0.0664. The third kappa shape index (κ3) is 3.35. The average Bonchev–Trinajstić information content (AvgIpc) is 2.79. The number of morpholine rings is 1. The first-order valence-electron chi connectivity index (χ1n) is 6.54. The summed E-state index contributed by atoms with van der Waals surface area (Å²) in [6.45, 7) is 9.02. The van der Waals surface area contributed by atoms with Crippen molar-refractivity contribution in [1.29, 1.82) is 0 Å². The summed E-state index contributed by atoms with van der Waals surface area (Å²) < 4.78 is 5.29. The lowest BCUT2D eigenvalue weighted by Crippen LogP contribution is -2.41. The normalized spacial score (nSPS) is 19.3. The molecule has 1 aromatic heterocycles. The SMILES string of the molecule is CC(C)(C)c1ccc(C(C(=O)O)N2CCOCC2)s1. The van der Waals surface area contributed by atoms with Gasteiger partial charge in [0.1, 0.15) is 6.04 Å². The molecule has 0 aromatic carbocycles. The smallest absolute Gasteiger partial charge is 0.326 e. The van der Waals surface area contributed by atoms with Gasteiger partial charge in [0.05, 0.1) is 13.2 Å². The molecule has 1 N–H and O–H groups in total. The number of carbonyl (C=O) groups is 1. The number of thiophene rings is 1. The standard InChI is InChI=1S/C14H21NO3S/c1-14(2,3)11-5-4-10(19-11)12(13(16)17)15-6-8-18-9-7-15/h4-5,12H,6-9H2,1-3H3,(H,16,17). The molecule has 5 heteroatoms. The molecule has 1 atom stereocenters. The first-order chi connectivity index (χ1) is 8.89. The van der Waals surface area contributed by atoms with Crippen molar-refractivity contribution in [3.05, 3.63) is 21.9 Å². The predicted molar refractivity (Wildman–Crippen MR) is 75.8 cm³/mol. The maximum atomic E-state index is 11.6. The van der Waals surface area contributed by atoms with Gasteiger partial charge in [-0.15, -0.1) is 11.3 Å². The second kappa shape index (κ2) is 5.61. The van der Waals surface area contributed by atoms with E-state index in [9.17, 15) is 9.90 Å². The zero-order valence-corrected chi connectivity index (χ0v) is 12.5. The Bertz CT molecular complexity index is 444. The summed E-state index contributed by atoms with van der Waals surface area (Å²) in [5.74, 6) is -0.774. The van der Waals surface area contributed by atoms with Crippen LogP contribution in [-0.2, 0) is 14.9 Å². The Morgan fingerprint density at radius 2 is 2.00 bits per heavy atom. The zero-order valence-electron chi connectivity index (χ0n) is 11.7. The quantitative estimate of drug-likeness (QED) is 0.926. The molecule has 4 nitrogen and oxygen atoms in total. The third-order valence-corrected chi connectivity index (χ3v) is 4.84. The molecule has 1 aliphatic rings. The van der Waals surface area contributed by atoms with Crippen LogP contribution in [0.15, 0.2) is 12.1 Å². The van der Waals surface area contributed by atoms with E-state index in [-0.39, 0.29) is 5.41 Å². The molecule has 19 heavy (non-hydrogen) atoms. The topological polar surface area (TPSA) is 49.8 Å². The lowest BCUT2D eigenvalue weighted by molar-refractivity contribution is -0.145. The Hall–Kier alpha value is -0.910. The van der Waals surface area contributed by atoms with Crippen LogP contribution in [0.2, 0.25) is 0 Å². The maximum absolute atomic E-state index is 11.6. The molecule has 1 fully saturated rings.